The van der Waals surface area contributed by atoms with Crippen LogP contribution < -0.4 is 31.2 Å². The van der Waals surface area contributed by atoms with Gasteiger partial charge in [-0.3, -0.25) is 47.3 Å². The first-order valence-corrected chi connectivity index (χ1v) is 31.3. The number of nitrogens with two attached hydrogens (primary N) is 1. The van der Waals surface area contributed by atoms with Crippen LogP contribution >= 0.6 is 24.0 Å². The molecule has 0 atom stereocenters. The predicted octanol–water partition coefficient (Wildman–Crippen LogP) is 14.1. The zero-order chi connectivity index (χ0) is 73.2. The molecule has 0 saturated carbocycles. The molecule has 0 bridgehead atoms. The second-order valence-corrected chi connectivity index (χ2v) is 21.8. The van der Waals surface area contributed by atoms with E-state index in [1.165, 1.54) is 56.1 Å². The average Bonchev–Trinajstić information content (AvgIpc) is 1.65. The predicted molar refractivity (Wildman–Crippen MR) is 376 cm³/mol. The number of benzene rings is 6. The zero-order valence-electron chi connectivity index (χ0n) is 54.5. The molecule has 0 saturated heterocycles. The number of halogens is 8. The van der Waals surface area contributed by atoms with E-state index in [0.717, 1.165) is 31.3 Å². The molecule has 0 fully saturated rings. The standard InChI is InChI=1S/C26H21F3N4O4.C16H10ClNO2.C16H11NO3.C10H12F3N3O2.C6H12.ClH/c27-26(28,29)16-37-22-11-10-18(14-32-22)23(34)30-12-13-31-24(35)20-15-33(21-9-5-4-8-19(20)21)25(36)17-6-2-1-3-7-17;17-15(19)13-10-18(14-9-5-4-8-12(13)14)16(20)11-6-2-1-3-7-11;18-15(11-6-2-1-3-7-11)17-10-13(16(19)20)12-8-4-5-9-14(12)17;11-10(12,13)6-18-8-2-1-7(5-16-8)9(17)15-4-3-14;1-4-6(3)5-2;/h1-11,14-15H,12-13,16H2,(H,30,34)(H,31,35);1-10H;1-10H,(H,19,20);1-2,5H,3-4,6,14H2,(H,15,17);3-5H2,1-2H3;1H. The third-order valence-electron chi connectivity index (χ3n) is 14.4. The first-order chi connectivity index (χ1) is 48.3. The number of aromatic carboxylic acids is 1. The second kappa shape index (κ2) is 38.0. The maximum absolute atomic E-state index is 13.0. The lowest BCUT2D eigenvalue weighted by Gasteiger charge is -2.09. The van der Waals surface area contributed by atoms with Gasteiger partial charge in [0.1, 0.15) is 0 Å². The molecule has 0 radical (unpaired) electrons. The molecule has 11 rings (SSSR count). The number of para-hydroxylation sites is 3. The van der Waals surface area contributed by atoms with E-state index >= 15 is 0 Å². The Morgan fingerprint density at radius 1 is 0.461 bits per heavy atom. The third kappa shape index (κ3) is 22.6. The summed E-state index contributed by atoms with van der Waals surface area (Å²) in [6.07, 6.45) is -0.0458. The Morgan fingerprint density at radius 3 is 1.11 bits per heavy atom. The Hall–Kier alpha value is -11.7. The molecule has 6 aromatic carbocycles. The Labute approximate surface area is 591 Å². The van der Waals surface area contributed by atoms with Gasteiger partial charge in [0.25, 0.3) is 40.7 Å². The number of allylic oxidation sites excluding steroid dienone is 1. The minimum absolute atomic E-state index is 0. The number of alkyl halides is 6. The molecule has 530 valence electrons. The van der Waals surface area contributed by atoms with Gasteiger partial charge >= 0.3 is 18.3 Å². The summed E-state index contributed by atoms with van der Waals surface area (Å²) in [6, 6.07) is 52.6. The molecule has 0 spiro atoms. The molecule has 20 nitrogen and oxygen atoms in total. The van der Waals surface area contributed by atoms with E-state index < -0.39 is 54.5 Å². The van der Waals surface area contributed by atoms with Crippen molar-refractivity contribution < 1.29 is 79.3 Å². The van der Waals surface area contributed by atoms with Crippen molar-refractivity contribution in [2.45, 2.75) is 39.0 Å². The number of nitrogens with zero attached hydrogens (tertiary/aromatic N) is 5. The maximum Gasteiger partial charge on any atom is 0.422 e. The van der Waals surface area contributed by atoms with Crippen LogP contribution in [-0.4, -0.2) is 127 Å². The van der Waals surface area contributed by atoms with Crippen molar-refractivity contribution in [2.24, 2.45) is 5.73 Å². The third-order valence-corrected chi connectivity index (χ3v) is 14.6. The Kier molecular flexibility index (Phi) is 29.5. The molecule has 5 heterocycles. The fourth-order valence-electron chi connectivity index (χ4n) is 9.31. The van der Waals surface area contributed by atoms with Gasteiger partial charge in [-0.1, -0.05) is 135 Å². The maximum atomic E-state index is 13.0. The van der Waals surface area contributed by atoms with E-state index in [-0.39, 0.29) is 71.7 Å². The number of ether oxygens (including phenoxy) is 2. The van der Waals surface area contributed by atoms with E-state index in [4.69, 9.17) is 17.3 Å². The molecule has 0 aliphatic carbocycles. The van der Waals surface area contributed by atoms with E-state index in [2.05, 4.69) is 55.8 Å². The number of carboxylic acids is 1. The van der Waals surface area contributed by atoms with E-state index in [1.807, 2.05) is 24.3 Å². The lowest BCUT2D eigenvalue weighted by molar-refractivity contribution is -0.154. The van der Waals surface area contributed by atoms with Crippen LogP contribution in [0.2, 0.25) is 0 Å². The van der Waals surface area contributed by atoms with Crippen molar-refractivity contribution in [3.63, 3.8) is 0 Å². The molecule has 3 amide bonds. The molecule has 0 aliphatic rings. The summed E-state index contributed by atoms with van der Waals surface area (Å²) < 4.78 is 85.4. The summed E-state index contributed by atoms with van der Waals surface area (Å²) in [6.45, 7) is 5.94. The van der Waals surface area contributed by atoms with E-state index in [0.29, 0.717) is 73.6 Å². The number of carboxylic acid groups (broad SMARTS) is 1. The number of rotatable bonds is 19. The Bertz CT molecular complexity index is 4540. The summed E-state index contributed by atoms with van der Waals surface area (Å²) in [4.78, 5) is 104. The van der Waals surface area contributed by atoms with Gasteiger partial charge in [0, 0.05) is 102 Å². The van der Waals surface area contributed by atoms with Gasteiger partial charge in [0.2, 0.25) is 11.8 Å². The van der Waals surface area contributed by atoms with Crippen molar-refractivity contribution in [1.29, 1.82) is 0 Å². The number of nitrogens with one attached hydrogen (secondary N) is 3. The molecular weight excluding hydrogens is 1380 g/mol. The van der Waals surface area contributed by atoms with Crippen LogP contribution in [0, 0.1) is 0 Å². The minimum atomic E-state index is -4.49. The van der Waals surface area contributed by atoms with Crippen molar-refractivity contribution in [1.82, 2.24) is 39.6 Å². The molecule has 102 heavy (non-hydrogen) atoms. The van der Waals surface area contributed by atoms with Crippen molar-refractivity contribution >= 4 is 103 Å². The molecule has 11 aromatic rings. The minimum Gasteiger partial charge on any atom is -0.478 e. The van der Waals surface area contributed by atoms with Gasteiger partial charge in [0.15, 0.2) is 13.2 Å². The van der Waals surface area contributed by atoms with Crippen LogP contribution in [0.1, 0.15) is 110 Å². The Morgan fingerprint density at radius 2 is 0.784 bits per heavy atom. The summed E-state index contributed by atoms with van der Waals surface area (Å²) in [5, 5.41) is 18.3. The molecular formula is C74H67Cl2F6N9O11. The van der Waals surface area contributed by atoms with Crippen molar-refractivity contribution in [2.75, 3.05) is 39.4 Å². The monoisotopic (exact) mass is 1440 g/mol. The van der Waals surface area contributed by atoms with Crippen LogP contribution in [0.3, 0.4) is 0 Å². The number of carbonyl (C=O) groups is 8. The number of hydrogen-bond donors (Lipinski definition) is 5. The Balaban J connectivity index is 0.000000217. The number of carbonyl (C=O) groups excluding carboxylic acids is 7. The van der Waals surface area contributed by atoms with Crippen molar-refractivity contribution in [3.05, 3.63) is 276 Å². The fraction of sp³-hybridized carbons (Fsp3) is 0.162. The lowest BCUT2D eigenvalue weighted by Crippen LogP contribution is -2.34. The number of aromatic nitrogens is 5. The summed E-state index contributed by atoms with van der Waals surface area (Å²) in [7, 11) is 0. The second-order valence-electron chi connectivity index (χ2n) is 21.5. The molecule has 0 aliphatic heterocycles. The highest BCUT2D eigenvalue weighted by molar-refractivity contribution is 6.68. The summed E-state index contributed by atoms with van der Waals surface area (Å²) >= 11 is 5.58. The van der Waals surface area contributed by atoms with Gasteiger partial charge in [-0.2, -0.15) is 26.3 Å². The zero-order valence-corrected chi connectivity index (χ0v) is 56.1. The van der Waals surface area contributed by atoms with Crippen LogP contribution in [0.5, 0.6) is 11.8 Å². The van der Waals surface area contributed by atoms with Gasteiger partial charge < -0.3 is 36.3 Å². The van der Waals surface area contributed by atoms with Crippen molar-refractivity contribution in [3.8, 4) is 11.8 Å². The molecule has 6 N–H and O–H groups in total. The summed E-state index contributed by atoms with van der Waals surface area (Å²) in [5.41, 5.74) is 11.1. The quantitative estimate of drug-likeness (QED) is 0.0218. The van der Waals surface area contributed by atoms with E-state index in [1.54, 1.807) is 140 Å². The number of fused-ring (bicyclic) bond motifs is 3. The topological polar surface area (TPSA) is 278 Å². The molecule has 28 heteroatoms. The van der Waals surface area contributed by atoms with Gasteiger partial charge in [-0.15, -0.1) is 12.4 Å². The van der Waals surface area contributed by atoms with Gasteiger partial charge in [-0.05, 0) is 91.2 Å². The van der Waals surface area contributed by atoms with Gasteiger partial charge in [0.05, 0.1) is 44.4 Å². The first kappa shape index (κ1) is 79.2. The van der Waals surface area contributed by atoms with Crippen LogP contribution in [0.15, 0.2) is 231 Å². The molecule has 0 unspecified atom stereocenters. The lowest BCUT2D eigenvalue weighted by atomic mass is 10.1. The van der Waals surface area contributed by atoms with Crippen LogP contribution in [0.25, 0.3) is 32.7 Å². The first-order valence-electron chi connectivity index (χ1n) is 30.9. The van der Waals surface area contributed by atoms with Crippen LogP contribution in [-0.2, 0) is 0 Å². The summed E-state index contributed by atoms with van der Waals surface area (Å²) in [5.74, 6) is -3.52. The molecule has 5 aromatic heterocycles. The average molecular weight is 1440 g/mol. The van der Waals surface area contributed by atoms with Gasteiger partial charge in [-0.25, -0.2) is 14.8 Å². The van der Waals surface area contributed by atoms with Crippen LogP contribution in [0.4, 0.5) is 26.3 Å². The number of hydrogen-bond acceptors (Lipinski definition) is 13. The smallest absolute Gasteiger partial charge is 0.422 e. The largest absolute Gasteiger partial charge is 0.478 e. The SMILES string of the molecule is C=C(CC)CC.Cl.NCCNC(=O)c1ccc(OCC(F)(F)F)nc1.O=C(Cl)c1cn(C(=O)c2ccccc2)c2ccccc12.O=C(NCCNC(=O)c1cn(C(=O)c2ccccc2)c2ccccc12)c1ccc(OCC(F)(F)F)nc1.O=C(O)c1cn(C(=O)c2ccccc2)c2ccccc12. The number of amides is 3. The van der Waals surface area contributed by atoms with E-state index in [9.17, 15) is 69.8 Å². The highest BCUT2D eigenvalue weighted by Crippen LogP contribution is 2.27. The highest BCUT2D eigenvalue weighted by Gasteiger charge is 2.30. The highest BCUT2D eigenvalue weighted by atomic mass is 35.5. The fourth-order valence-corrected chi connectivity index (χ4v) is 9.46. The normalized spacial score (nSPS) is 10.7. The number of pyridine rings is 2.